The zero-order valence-corrected chi connectivity index (χ0v) is 8.25. The summed E-state index contributed by atoms with van der Waals surface area (Å²) in [5.41, 5.74) is 2.15. The van der Waals surface area contributed by atoms with Crippen LogP contribution in [0.1, 0.15) is 12.2 Å². The van der Waals surface area contributed by atoms with Crippen LogP contribution in [0.3, 0.4) is 0 Å². The summed E-state index contributed by atoms with van der Waals surface area (Å²) in [4.78, 5) is 3.93. The molecule has 1 atom stereocenters. The Kier molecular flexibility index (Phi) is 3.70. The summed E-state index contributed by atoms with van der Waals surface area (Å²) in [6.45, 7) is 0. The quantitative estimate of drug-likeness (QED) is 0.583. The van der Waals surface area contributed by atoms with Crippen molar-refractivity contribution in [2.24, 2.45) is 12.9 Å². The molecule has 1 unspecified atom stereocenters. The van der Waals surface area contributed by atoms with E-state index in [4.69, 9.17) is 5.84 Å². The molecule has 0 amide bonds. The average Bonchev–Trinajstić information content (AvgIpc) is 2.48. The van der Waals surface area contributed by atoms with Gasteiger partial charge in [-0.05, 0) is 0 Å². The van der Waals surface area contributed by atoms with Gasteiger partial charge >= 0.3 is 6.18 Å². The van der Waals surface area contributed by atoms with Gasteiger partial charge in [0.1, 0.15) is 5.82 Å². The van der Waals surface area contributed by atoms with E-state index >= 15 is 0 Å². The fourth-order valence-corrected chi connectivity index (χ4v) is 1.28. The molecular weight excluding hydrogens is 209 g/mol. The first-order valence-electron chi connectivity index (χ1n) is 4.41. The molecule has 0 spiro atoms. The van der Waals surface area contributed by atoms with Crippen molar-refractivity contribution in [3.63, 3.8) is 0 Å². The fourth-order valence-electron chi connectivity index (χ4n) is 1.28. The Morgan fingerprint density at radius 3 is 2.67 bits per heavy atom. The van der Waals surface area contributed by atoms with Crippen molar-refractivity contribution in [3.8, 4) is 0 Å². The molecule has 0 radical (unpaired) electrons. The van der Waals surface area contributed by atoms with Crippen molar-refractivity contribution >= 4 is 0 Å². The second kappa shape index (κ2) is 4.63. The highest BCUT2D eigenvalue weighted by Gasteiger charge is 2.31. The summed E-state index contributed by atoms with van der Waals surface area (Å²) in [5, 5.41) is 0. The Morgan fingerprint density at radius 1 is 1.60 bits per heavy atom. The number of aromatic nitrogens is 2. The third-order valence-electron chi connectivity index (χ3n) is 2.06. The lowest BCUT2D eigenvalue weighted by molar-refractivity contribution is -0.140. The standard InChI is InChI=1S/C8H13F3N4/c1-15-3-2-13-7(15)4-6(14-12)5-8(9,10)11/h2-3,6,14H,4-5,12H2,1H3. The molecule has 0 aliphatic heterocycles. The van der Waals surface area contributed by atoms with Crippen molar-refractivity contribution in [2.75, 3.05) is 0 Å². The molecule has 0 aromatic carbocycles. The molecular formula is C8H13F3N4. The van der Waals surface area contributed by atoms with Gasteiger partial charge in [0, 0.05) is 31.9 Å². The van der Waals surface area contributed by atoms with Gasteiger partial charge in [-0.2, -0.15) is 13.2 Å². The largest absolute Gasteiger partial charge is 0.390 e. The topological polar surface area (TPSA) is 55.9 Å². The molecule has 0 saturated carbocycles. The fraction of sp³-hybridized carbons (Fsp3) is 0.625. The van der Waals surface area contributed by atoms with Gasteiger partial charge in [0.25, 0.3) is 0 Å². The van der Waals surface area contributed by atoms with E-state index in [0.29, 0.717) is 5.82 Å². The molecule has 0 bridgehead atoms. The maximum absolute atomic E-state index is 12.1. The lowest BCUT2D eigenvalue weighted by atomic mass is 10.1. The minimum absolute atomic E-state index is 0.152. The van der Waals surface area contributed by atoms with Gasteiger partial charge in [0.05, 0.1) is 6.42 Å². The molecule has 0 aliphatic carbocycles. The maximum Gasteiger partial charge on any atom is 0.390 e. The van der Waals surface area contributed by atoms with Gasteiger partial charge < -0.3 is 4.57 Å². The van der Waals surface area contributed by atoms with Crippen LogP contribution in [0.25, 0.3) is 0 Å². The molecule has 0 aliphatic rings. The van der Waals surface area contributed by atoms with E-state index < -0.39 is 18.6 Å². The molecule has 86 valence electrons. The van der Waals surface area contributed by atoms with Crippen molar-refractivity contribution < 1.29 is 13.2 Å². The monoisotopic (exact) mass is 222 g/mol. The van der Waals surface area contributed by atoms with Crippen LogP contribution in [-0.4, -0.2) is 21.8 Å². The van der Waals surface area contributed by atoms with Crippen LogP contribution in [0.5, 0.6) is 0 Å². The smallest absolute Gasteiger partial charge is 0.338 e. The molecule has 3 N–H and O–H groups in total. The minimum atomic E-state index is -4.22. The summed E-state index contributed by atoms with van der Waals surface area (Å²) in [6, 6.07) is -0.842. The van der Waals surface area contributed by atoms with Crippen LogP contribution in [0.15, 0.2) is 12.4 Å². The lowest BCUT2D eigenvalue weighted by Crippen LogP contribution is -2.40. The third-order valence-corrected chi connectivity index (χ3v) is 2.06. The Bertz CT molecular complexity index is 307. The van der Waals surface area contributed by atoms with E-state index in [2.05, 4.69) is 10.4 Å². The molecule has 7 heteroatoms. The number of halogens is 3. The first-order valence-corrected chi connectivity index (χ1v) is 4.41. The normalized spacial score (nSPS) is 14.2. The Labute approximate surface area is 85.3 Å². The van der Waals surface area contributed by atoms with E-state index in [0.717, 1.165) is 0 Å². The second-order valence-corrected chi connectivity index (χ2v) is 3.34. The van der Waals surface area contributed by atoms with E-state index in [-0.39, 0.29) is 6.42 Å². The highest BCUT2D eigenvalue weighted by molar-refractivity contribution is 4.94. The molecule has 0 saturated heterocycles. The van der Waals surface area contributed by atoms with Crippen LogP contribution in [-0.2, 0) is 13.5 Å². The number of nitrogens with two attached hydrogens (primary N) is 1. The third kappa shape index (κ3) is 3.88. The lowest BCUT2D eigenvalue weighted by Gasteiger charge is -2.17. The predicted octanol–water partition coefficient (Wildman–Crippen LogP) is 0.747. The van der Waals surface area contributed by atoms with E-state index in [1.54, 1.807) is 17.8 Å². The molecule has 4 nitrogen and oxygen atoms in total. The van der Waals surface area contributed by atoms with Gasteiger partial charge in [0.15, 0.2) is 0 Å². The Hall–Kier alpha value is -1.08. The number of hydrogen-bond acceptors (Lipinski definition) is 3. The molecule has 1 rings (SSSR count). The summed E-state index contributed by atoms with van der Waals surface area (Å²) in [7, 11) is 1.73. The van der Waals surface area contributed by atoms with Crippen molar-refractivity contribution in [2.45, 2.75) is 25.1 Å². The van der Waals surface area contributed by atoms with Crippen LogP contribution in [0.4, 0.5) is 13.2 Å². The van der Waals surface area contributed by atoms with E-state index in [1.165, 1.54) is 6.20 Å². The summed E-state index contributed by atoms with van der Waals surface area (Å²) < 4.78 is 38.0. The van der Waals surface area contributed by atoms with E-state index in [9.17, 15) is 13.2 Å². The number of hydrogen-bond donors (Lipinski definition) is 2. The number of aryl methyl sites for hydroxylation is 1. The molecule has 1 heterocycles. The van der Waals surface area contributed by atoms with Gasteiger partial charge in [0.2, 0.25) is 0 Å². The van der Waals surface area contributed by atoms with Crippen LogP contribution in [0.2, 0.25) is 0 Å². The van der Waals surface area contributed by atoms with Crippen LogP contribution in [0, 0.1) is 0 Å². The molecule has 0 fully saturated rings. The van der Waals surface area contributed by atoms with Crippen molar-refractivity contribution in [1.82, 2.24) is 15.0 Å². The number of nitrogens with zero attached hydrogens (tertiary/aromatic N) is 2. The van der Waals surface area contributed by atoms with Crippen molar-refractivity contribution in [3.05, 3.63) is 18.2 Å². The summed E-state index contributed by atoms with van der Waals surface area (Å²) in [5.74, 6) is 5.63. The van der Waals surface area contributed by atoms with Gasteiger partial charge in [-0.1, -0.05) is 0 Å². The zero-order chi connectivity index (χ0) is 11.5. The minimum Gasteiger partial charge on any atom is -0.338 e. The number of hydrazine groups is 1. The van der Waals surface area contributed by atoms with Crippen molar-refractivity contribution in [1.29, 1.82) is 0 Å². The number of imidazole rings is 1. The molecule has 1 aromatic heterocycles. The number of rotatable bonds is 4. The maximum atomic E-state index is 12.1. The summed E-state index contributed by atoms with van der Waals surface area (Å²) in [6.07, 6.45) is -1.81. The van der Waals surface area contributed by atoms with Gasteiger partial charge in [-0.3, -0.25) is 11.3 Å². The average molecular weight is 222 g/mol. The zero-order valence-electron chi connectivity index (χ0n) is 8.25. The SMILES string of the molecule is Cn1ccnc1CC(CC(F)(F)F)NN. The number of alkyl halides is 3. The molecule has 15 heavy (non-hydrogen) atoms. The molecule has 1 aromatic rings. The van der Waals surface area contributed by atoms with Gasteiger partial charge in [-0.25, -0.2) is 4.98 Å². The Balaban J connectivity index is 2.58. The highest BCUT2D eigenvalue weighted by atomic mass is 19.4. The first kappa shape index (κ1) is 12.0. The second-order valence-electron chi connectivity index (χ2n) is 3.34. The number of nitrogens with one attached hydrogen (secondary N) is 1. The van der Waals surface area contributed by atoms with Gasteiger partial charge in [-0.15, -0.1) is 0 Å². The van der Waals surface area contributed by atoms with Crippen LogP contribution >= 0.6 is 0 Å². The predicted molar refractivity (Wildman–Crippen MR) is 48.7 cm³/mol. The summed E-state index contributed by atoms with van der Waals surface area (Å²) >= 11 is 0. The first-order chi connectivity index (χ1) is 6.92. The van der Waals surface area contributed by atoms with E-state index in [1.807, 2.05) is 0 Å². The Morgan fingerprint density at radius 2 is 2.27 bits per heavy atom. The van der Waals surface area contributed by atoms with Crippen LogP contribution < -0.4 is 11.3 Å². The highest BCUT2D eigenvalue weighted by Crippen LogP contribution is 2.22.